The van der Waals surface area contributed by atoms with Crippen LogP contribution in [0.2, 0.25) is 0 Å². The second kappa shape index (κ2) is 5.44. The molecule has 1 aromatic rings. The van der Waals surface area contributed by atoms with Gasteiger partial charge in [-0.1, -0.05) is 53.9 Å². The van der Waals surface area contributed by atoms with Crippen molar-refractivity contribution in [3.63, 3.8) is 0 Å². The number of nitrogens with one attached hydrogen (secondary N) is 1. The highest BCUT2D eigenvalue weighted by molar-refractivity contribution is 9.10. The predicted octanol–water partition coefficient (Wildman–Crippen LogP) is 3.45. The Kier molecular flexibility index (Phi) is 3.78. The molecule has 1 aromatic carbocycles. The van der Waals surface area contributed by atoms with E-state index in [0.717, 1.165) is 35.7 Å². The average molecular weight is 351 g/mol. The van der Waals surface area contributed by atoms with E-state index in [4.69, 9.17) is 0 Å². The van der Waals surface area contributed by atoms with Crippen LogP contribution in [0.5, 0.6) is 0 Å². The number of rotatable bonds is 2. The van der Waals surface area contributed by atoms with Crippen molar-refractivity contribution in [3.8, 4) is 0 Å². The van der Waals surface area contributed by atoms with E-state index in [1.165, 1.54) is 4.90 Å². The van der Waals surface area contributed by atoms with Gasteiger partial charge in [0.1, 0.15) is 5.54 Å². The number of amides is 3. The third-order valence-corrected chi connectivity index (χ3v) is 5.56. The van der Waals surface area contributed by atoms with Crippen molar-refractivity contribution < 1.29 is 9.59 Å². The van der Waals surface area contributed by atoms with Gasteiger partial charge in [-0.3, -0.25) is 9.69 Å². The van der Waals surface area contributed by atoms with E-state index in [1.54, 1.807) is 0 Å². The fourth-order valence-electron chi connectivity index (χ4n) is 3.44. The highest BCUT2D eigenvalue weighted by Gasteiger charge is 2.54. The number of carbonyl (C=O) groups is 2. The van der Waals surface area contributed by atoms with Gasteiger partial charge in [-0.05, 0) is 30.4 Å². The van der Waals surface area contributed by atoms with E-state index in [-0.39, 0.29) is 17.9 Å². The summed E-state index contributed by atoms with van der Waals surface area (Å²) < 4.78 is 0.920. The Morgan fingerprint density at radius 3 is 2.81 bits per heavy atom. The molecule has 4 nitrogen and oxygen atoms in total. The van der Waals surface area contributed by atoms with Crippen molar-refractivity contribution in [1.82, 2.24) is 10.2 Å². The molecular formula is C16H19BrN2O2. The van der Waals surface area contributed by atoms with Gasteiger partial charge in [0.2, 0.25) is 0 Å². The van der Waals surface area contributed by atoms with E-state index in [0.29, 0.717) is 6.54 Å². The summed E-state index contributed by atoms with van der Waals surface area (Å²) in [5.74, 6) is 0.141. The van der Waals surface area contributed by atoms with Gasteiger partial charge in [0.05, 0.1) is 6.54 Å². The predicted molar refractivity (Wildman–Crippen MR) is 83.6 cm³/mol. The first-order valence-corrected chi connectivity index (χ1v) is 8.21. The minimum Gasteiger partial charge on any atom is -0.323 e. The molecule has 5 heteroatoms. The number of nitrogens with zero attached hydrogens (tertiary/aromatic N) is 1. The Bertz CT molecular complexity index is 589. The molecule has 3 amide bonds. The maximum absolute atomic E-state index is 12.8. The number of halogens is 1. The van der Waals surface area contributed by atoms with E-state index < -0.39 is 5.54 Å². The maximum Gasteiger partial charge on any atom is 0.325 e. The van der Waals surface area contributed by atoms with Crippen LogP contribution in [0.25, 0.3) is 0 Å². The monoisotopic (exact) mass is 350 g/mol. The fourth-order valence-corrected chi connectivity index (χ4v) is 3.85. The first-order valence-electron chi connectivity index (χ1n) is 7.42. The average Bonchev–Trinajstić information content (AvgIpc) is 2.70. The standard InChI is InChI=1S/C16H19BrN2O2/c1-11-6-4-5-9-16(11)14(20)19(15(21)18-16)10-12-7-2-3-8-13(12)17/h2-3,7-8,11H,4-6,9-10H2,1H3,(H,18,21). The van der Waals surface area contributed by atoms with E-state index in [2.05, 4.69) is 28.2 Å². The van der Waals surface area contributed by atoms with Crippen molar-refractivity contribution >= 4 is 27.9 Å². The van der Waals surface area contributed by atoms with Crippen molar-refractivity contribution in [2.24, 2.45) is 5.92 Å². The molecule has 2 unspecified atom stereocenters. The maximum atomic E-state index is 12.8. The van der Waals surface area contributed by atoms with Gasteiger partial charge < -0.3 is 5.32 Å². The second-order valence-corrected chi connectivity index (χ2v) is 6.89. The van der Waals surface area contributed by atoms with Crippen LogP contribution in [0.15, 0.2) is 28.7 Å². The van der Waals surface area contributed by atoms with Crippen LogP contribution in [0.3, 0.4) is 0 Å². The fraction of sp³-hybridized carbons (Fsp3) is 0.500. The third kappa shape index (κ3) is 2.37. The largest absolute Gasteiger partial charge is 0.325 e. The Hall–Kier alpha value is -1.36. The summed E-state index contributed by atoms with van der Waals surface area (Å²) in [6.45, 7) is 2.39. The lowest BCUT2D eigenvalue weighted by Crippen LogP contribution is -2.53. The number of carbonyl (C=O) groups excluding carboxylic acids is 2. The Morgan fingerprint density at radius 2 is 2.10 bits per heavy atom. The molecule has 1 N–H and O–H groups in total. The van der Waals surface area contributed by atoms with Crippen molar-refractivity contribution in [2.75, 3.05) is 0 Å². The van der Waals surface area contributed by atoms with E-state index in [1.807, 2.05) is 24.3 Å². The lowest BCUT2D eigenvalue weighted by molar-refractivity contribution is -0.134. The van der Waals surface area contributed by atoms with Gasteiger partial charge in [0, 0.05) is 4.47 Å². The second-order valence-electron chi connectivity index (χ2n) is 6.03. The SMILES string of the molecule is CC1CCCCC12NC(=O)N(Cc1ccccc1Br)C2=O. The summed E-state index contributed by atoms with van der Waals surface area (Å²) in [6.07, 6.45) is 3.88. The lowest BCUT2D eigenvalue weighted by atomic mass is 9.73. The van der Waals surface area contributed by atoms with Gasteiger partial charge in [-0.15, -0.1) is 0 Å². The molecule has 2 fully saturated rings. The van der Waals surface area contributed by atoms with Gasteiger partial charge in [-0.25, -0.2) is 4.79 Å². The Morgan fingerprint density at radius 1 is 1.33 bits per heavy atom. The topological polar surface area (TPSA) is 49.4 Å². The molecule has 1 heterocycles. The van der Waals surface area contributed by atoms with E-state index in [9.17, 15) is 9.59 Å². The zero-order chi connectivity index (χ0) is 15.0. The molecule has 112 valence electrons. The Balaban J connectivity index is 1.86. The molecule has 3 rings (SSSR count). The number of benzene rings is 1. The van der Waals surface area contributed by atoms with Crippen molar-refractivity contribution in [1.29, 1.82) is 0 Å². The van der Waals surface area contributed by atoms with Crippen LogP contribution < -0.4 is 5.32 Å². The quantitative estimate of drug-likeness (QED) is 0.830. The highest BCUT2D eigenvalue weighted by Crippen LogP contribution is 2.38. The molecule has 1 aliphatic heterocycles. The highest BCUT2D eigenvalue weighted by atomic mass is 79.9. The smallest absolute Gasteiger partial charge is 0.323 e. The summed E-state index contributed by atoms with van der Waals surface area (Å²) in [5, 5.41) is 2.98. The van der Waals surface area contributed by atoms with Gasteiger partial charge in [0.15, 0.2) is 0 Å². The summed E-state index contributed by atoms with van der Waals surface area (Å²) in [4.78, 5) is 26.5. The van der Waals surface area contributed by atoms with E-state index >= 15 is 0 Å². The molecule has 0 aromatic heterocycles. The van der Waals surface area contributed by atoms with Crippen LogP contribution >= 0.6 is 15.9 Å². The molecule has 21 heavy (non-hydrogen) atoms. The Labute approximate surface area is 133 Å². The molecule has 1 saturated heterocycles. The number of hydrogen-bond donors (Lipinski definition) is 1. The van der Waals surface area contributed by atoms with Crippen LogP contribution in [0.4, 0.5) is 4.79 Å². The minimum absolute atomic E-state index is 0.0598. The lowest BCUT2D eigenvalue weighted by Gasteiger charge is -2.36. The van der Waals surface area contributed by atoms with Crippen LogP contribution in [-0.4, -0.2) is 22.4 Å². The van der Waals surface area contributed by atoms with Crippen LogP contribution in [0.1, 0.15) is 38.2 Å². The third-order valence-electron chi connectivity index (χ3n) is 4.79. The molecule has 2 aliphatic rings. The zero-order valence-electron chi connectivity index (χ0n) is 12.1. The first-order chi connectivity index (χ1) is 10.0. The molecule has 2 atom stereocenters. The molecule has 1 spiro atoms. The van der Waals surface area contributed by atoms with Gasteiger partial charge in [-0.2, -0.15) is 0 Å². The van der Waals surface area contributed by atoms with Gasteiger partial charge in [0.25, 0.3) is 5.91 Å². The molecule has 0 bridgehead atoms. The zero-order valence-corrected chi connectivity index (χ0v) is 13.6. The number of imide groups is 1. The first kappa shape index (κ1) is 14.6. The van der Waals surface area contributed by atoms with Gasteiger partial charge >= 0.3 is 6.03 Å². The summed E-state index contributed by atoms with van der Waals surface area (Å²) in [6, 6.07) is 7.43. The minimum atomic E-state index is -0.670. The normalized spacial score (nSPS) is 29.0. The summed E-state index contributed by atoms with van der Waals surface area (Å²) in [5.41, 5.74) is 0.276. The van der Waals surface area contributed by atoms with Crippen LogP contribution in [0, 0.1) is 5.92 Å². The summed E-state index contributed by atoms with van der Waals surface area (Å²) >= 11 is 3.47. The molecule has 0 radical (unpaired) electrons. The van der Waals surface area contributed by atoms with Crippen molar-refractivity contribution in [3.05, 3.63) is 34.3 Å². The number of urea groups is 1. The molecule has 1 saturated carbocycles. The number of hydrogen-bond acceptors (Lipinski definition) is 2. The molecule has 1 aliphatic carbocycles. The van der Waals surface area contributed by atoms with Crippen LogP contribution in [-0.2, 0) is 11.3 Å². The summed E-state index contributed by atoms with van der Waals surface area (Å²) in [7, 11) is 0. The van der Waals surface area contributed by atoms with Crippen molar-refractivity contribution in [2.45, 2.75) is 44.7 Å². The molecular weight excluding hydrogens is 332 g/mol.